The molecule has 30 heavy (non-hydrogen) atoms. The number of nitrogens with zero attached hydrogens (tertiary/aromatic N) is 2. The molecular weight excluding hydrogens is 386 g/mol. The summed E-state index contributed by atoms with van der Waals surface area (Å²) in [5, 5.41) is 6.08. The third-order valence-corrected chi connectivity index (χ3v) is 4.49. The smallest absolute Gasteiger partial charge is 0.224 e. The van der Waals surface area contributed by atoms with Crippen LogP contribution in [0.5, 0.6) is 0 Å². The minimum Gasteiger partial charge on any atom is -0.366 e. The van der Waals surface area contributed by atoms with Gasteiger partial charge in [-0.3, -0.25) is 4.79 Å². The number of carbonyl (C=O) groups excluding carboxylic acids is 1. The molecule has 2 N–H and O–H groups in total. The number of hydrogen-bond donors (Lipinski definition) is 2. The van der Waals surface area contributed by atoms with Crippen LogP contribution in [0.15, 0.2) is 60.7 Å². The summed E-state index contributed by atoms with van der Waals surface area (Å²) >= 11 is 0. The first kappa shape index (κ1) is 21.2. The Bertz CT molecular complexity index is 1010. The molecule has 156 valence electrons. The van der Waals surface area contributed by atoms with Gasteiger partial charge in [0.15, 0.2) is 5.82 Å². The van der Waals surface area contributed by atoms with E-state index in [0.717, 1.165) is 11.1 Å². The fourth-order valence-corrected chi connectivity index (χ4v) is 2.94. The van der Waals surface area contributed by atoms with Crippen molar-refractivity contribution in [3.8, 4) is 0 Å². The van der Waals surface area contributed by atoms with Gasteiger partial charge in [0.05, 0.1) is 5.69 Å². The molecule has 3 aromatic rings. The zero-order valence-electron chi connectivity index (χ0n) is 17.0. The van der Waals surface area contributed by atoms with Crippen molar-refractivity contribution in [2.45, 2.75) is 19.4 Å². The normalized spacial score (nSPS) is 10.5. The molecule has 0 fully saturated rings. The van der Waals surface area contributed by atoms with E-state index in [9.17, 15) is 13.6 Å². The van der Waals surface area contributed by atoms with E-state index in [1.807, 2.05) is 19.0 Å². The number of carbonyl (C=O) groups is 1. The van der Waals surface area contributed by atoms with Gasteiger partial charge in [-0.1, -0.05) is 24.3 Å². The van der Waals surface area contributed by atoms with Gasteiger partial charge in [0.25, 0.3) is 0 Å². The van der Waals surface area contributed by atoms with E-state index < -0.39 is 0 Å². The summed E-state index contributed by atoms with van der Waals surface area (Å²) in [6, 6.07) is 16.1. The van der Waals surface area contributed by atoms with E-state index in [-0.39, 0.29) is 24.0 Å². The molecule has 0 bridgehead atoms. The zero-order chi connectivity index (χ0) is 21.5. The van der Waals surface area contributed by atoms with Crippen LogP contribution in [0.25, 0.3) is 0 Å². The quantitative estimate of drug-likeness (QED) is 0.570. The fraction of sp³-hybridized carbons (Fsp3) is 0.217. The molecule has 0 unspecified atom stereocenters. The maximum Gasteiger partial charge on any atom is 0.224 e. The van der Waals surface area contributed by atoms with E-state index in [0.29, 0.717) is 30.3 Å². The Balaban J connectivity index is 1.62. The maximum absolute atomic E-state index is 13.3. The predicted molar refractivity (Wildman–Crippen MR) is 116 cm³/mol. The molecule has 0 radical (unpaired) electrons. The number of rotatable bonds is 8. The van der Waals surface area contributed by atoms with Crippen LogP contribution < -0.4 is 15.5 Å². The number of benzene rings is 2. The van der Waals surface area contributed by atoms with Gasteiger partial charge in [-0.2, -0.15) is 0 Å². The Morgan fingerprint density at radius 3 is 2.43 bits per heavy atom. The van der Waals surface area contributed by atoms with Crippen molar-refractivity contribution in [2.75, 3.05) is 29.6 Å². The van der Waals surface area contributed by atoms with E-state index >= 15 is 0 Å². The number of aryl methyl sites for hydroxylation is 1. The largest absolute Gasteiger partial charge is 0.366 e. The number of nitrogens with one attached hydrogen (secondary N) is 2. The second-order valence-corrected chi connectivity index (χ2v) is 7.12. The summed E-state index contributed by atoms with van der Waals surface area (Å²) in [6.45, 7) is 0.499. The van der Waals surface area contributed by atoms with Crippen molar-refractivity contribution in [3.05, 3.63) is 83.4 Å². The van der Waals surface area contributed by atoms with Crippen LogP contribution >= 0.6 is 0 Å². The summed E-state index contributed by atoms with van der Waals surface area (Å²) in [6.07, 6.45) is 0.687. The molecule has 0 spiro atoms. The van der Waals surface area contributed by atoms with E-state index in [2.05, 4.69) is 15.6 Å². The van der Waals surface area contributed by atoms with Gasteiger partial charge in [0.2, 0.25) is 5.91 Å². The van der Waals surface area contributed by atoms with Gasteiger partial charge in [-0.15, -0.1) is 0 Å². The van der Waals surface area contributed by atoms with Crippen molar-refractivity contribution in [1.29, 1.82) is 0 Å². The summed E-state index contributed by atoms with van der Waals surface area (Å²) in [4.78, 5) is 18.7. The third-order valence-electron chi connectivity index (χ3n) is 4.49. The highest BCUT2D eigenvalue weighted by Crippen LogP contribution is 2.25. The monoisotopic (exact) mass is 410 g/mol. The summed E-state index contributed by atoms with van der Waals surface area (Å²) in [5.74, 6) is 0.496. The number of amides is 1. The highest BCUT2D eigenvalue weighted by Gasteiger charge is 2.12. The summed E-state index contributed by atoms with van der Waals surface area (Å²) in [5.41, 5.74) is 2.30. The molecule has 0 saturated heterocycles. The van der Waals surface area contributed by atoms with Crippen molar-refractivity contribution < 1.29 is 13.6 Å². The molecule has 2 aromatic carbocycles. The van der Waals surface area contributed by atoms with Crippen LogP contribution in [0.1, 0.15) is 17.5 Å². The predicted octanol–water partition coefficient (Wildman–Crippen LogP) is 4.61. The van der Waals surface area contributed by atoms with Crippen molar-refractivity contribution in [2.24, 2.45) is 0 Å². The first-order chi connectivity index (χ1) is 14.4. The van der Waals surface area contributed by atoms with Gasteiger partial charge in [-0.05, 0) is 53.9 Å². The first-order valence-electron chi connectivity index (χ1n) is 9.61. The topological polar surface area (TPSA) is 57.3 Å². The van der Waals surface area contributed by atoms with Crippen molar-refractivity contribution >= 4 is 23.2 Å². The molecule has 0 aliphatic rings. The lowest BCUT2D eigenvalue weighted by atomic mass is 10.1. The molecule has 0 saturated carbocycles. The molecule has 1 aromatic heterocycles. The van der Waals surface area contributed by atoms with Crippen LogP contribution in [0, 0.1) is 11.6 Å². The Hall–Kier alpha value is -3.48. The summed E-state index contributed by atoms with van der Waals surface area (Å²) < 4.78 is 26.3. The molecule has 0 atom stereocenters. The molecule has 0 aliphatic heterocycles. The number of pyridine rings is 1. The van der Waals surface area contributed by atoms with E-state index in [4.69, 9.17) is 0 Å². The average Bonchev–Trinajstić information content (AvgIpc) is 2.72. The van der Waals surface area contributed by atoms with Crippen LogP contribution in [0.3, 0.4) is 0 Å². The van der Waals surface area contributed by atoms with Crippen LogP contribution in [-0.4, -0.2) is 25.0 Å². The van der Waals surface area contributed by atoms with Gasteiger partial charge in [0.1, 0.15) is 17.5 Å². The number of aromatic nitrogens is 1. The lowest BCUT2D eigenvalue weighted by Crippen LogP contribution is -2.18. The lowest BCUT2D eigenvalue weighted by Gasteiger charge is -2.18. The van der Waals surface area contributed by atoms with Gasteiger partial charge >= 0.3 is 0 Å². The summed E-state index contributed by atoms with van der Waals surface area (Å²) in [7, 11) is 3.68. The lowest BCUT2D eigenvalue weighted by molar-refractivity contribution is -0.116. The van der Waals surface area contributed by atoms with E-state index in [1.165, 1.54) is 24.3 Å². The number of halogens is 2. The second-order valence-electron chi connectivity index (χ2n) is 7.12. The Morgan fingerprint density at radius 1 is 0.967 bits per heavy atom. The minimum absolute atomic E-state index is 0.170. The molecular formula is C23H24F2N4O. The van der Waals surface area contributed by atoms with Crippen molar-refractivity contribution in [1.82, 2.24) is 4.98 Å². The Morgan fingerprint density at radius 2 is 1.73 bits per heavy atom. The van der Waals surface area contributed by atoms with Crippen LogP contribution in [0.2, 0.25) is 0 Å². The van der Waals surface area contributed by atoms with Crippen LogP contribution in [-0.2, 0) is 17.8 Å². The highest BCUT2D eigenvalue weighted by atomic mass is 19.1. The van der Waals surface area contributed by atoms with Gasteiger partial charge in [-0.25, -0.2) is 13.8 Å². The van der Waals surface area contributed by atoms with Gasteiger partial charge < -0.3 is 15.5 Å². The highest BCUT2D eigenvalue weighted by molar-refractivity contribution is 5.94. The SMILES string of the molecule is CN(C)c1nc(NCc2ccc(F)cc2)ccc1NC(=O)CCc1cccc(F)c1. The van der Waals surface area contributed by atoms with Crippen LogP contribution in [0.4, 0.5) is 26.1 Å². The number of anilines is 3. The molecule has 7 heteroatoms. The second kappa shape index (κ2) is 9.82. The molecule has 1 heterocycles. The molecule has 1 amide bonds. The Labute approximate surface area is 174 Å². The third kappa shape index (κ3) is 6.01. The van der Waals surface area contributed by atoms with Crippen molar-refractivity contribution in [3.63, 3.8) is 0 Å². The van der Waals surface area contributed by atoms with E-state index in [1.54, 1.807) is 36.4 Å². The number of hydrogen-bond acceptors (Lipinski definition) is 4. The first-order valence-corrected chi connectivity index (χ1v) is 9.61. The Kier molecular flexibility index (Phi) is 6.95. The molecule has 0 aliphatic carbocycles. The fourth-order valence-electron chi connectivity index (χ4n) is 2.94. The molecule has 5 nitrogen and oxygen atoms in total. The standard InChI is InChI=1S/C23H24F2N4O/c1-29(2)23-20(27-22(30)13-8-16-4-3-5-19(25)14-16)11-12-21(28-23)26-15-17-6-9-18(24)10-7-17/h3-7,9-12,14H,8,13,15H2,1-2H3,(H,26,28)(H,27,30). The van der Waals surface area contributed by atoms with Gasteiger partial charge in [0, 0.05) is 27.1 Å². The zero-order valence-corrected chi connectivity index (χ0v) is 17.0. The average molecular weight is 410 g/mol. The minimum atomic E-state index is -0.310. The maximum atomic E-state index is 13.3. The molecule has 3 rings (SSSR count).